The van der Waals surface area contributed by atoms with Gasteiger partial charge >= 0.3 is 0 Å². The van der Waals surface area contributed by atoms with E-state index in [1.807, 2.05) is 48.5 Å². The molecular formula is C22H20N4O2. The van der Waals surface area contributed by atoms with E-state index in [-0.39, 0.29) is 36.7 Å². The number of benzene rings is 2. The molecule has 1 saturated carbocycles. The summed E-state index contributed by atoms with van der Waals surface area (Å²) in [7, 11) is 0. The van der Waals surface area contributed by atoms with Crippen molar-refractivity contribution in [3.8, 4) is 0 Å². The molecule has 2 atom stereocenters. The molecule has 28 heavy (non-hydrogen) atoms. The molecule has 5 rings (SSSR count). The number of nitrogens with zero attached hydrogens (tertiary/aromatic N) is 2. The van der Waals surface area contributed by atoms with Gasteiger partial charge in [-0.05, 0) is 25.0 Å². The van der Waals surface area contributed by atoms with Gasteiger partial charge in [-0.1, -0.05) is 36.4 Å². The zero-order chi connectivity index (χ0) is 19.1. The number of fused-ring (bicyclic) bond motifs is 2. The van der Waals surface area contributed by atoms with Crippen molar-refractivity contribution in [2.24, 2.45) is 21.8 Å². The number of hydrogen-bond acceptors (Lipinski definition) is 4. The van der Waals surface area contributed by atoms with Crippen LogP contribution in [0.1, 0.15) is 24.0 Å². The molecule has 1 fully saturated rings. The first-order valence-electron chi connectivity index (χ1n) is 9.58. The molecule has 0 unspecified atom stereocenters. The molecule has 2 heterocycles. The SMILES string of the molecule is O=C1CN=C([C@@H]2CC[C@H]2C2=NCC(=O)Nc3ccccc32)c2ccccc2N1. The molecular weight excluding hydrogens is 352 g/mol. The van der Waals surface area contributed by atoms with Gasteiger partial charge in [0.25, 0.3) is 0 Å². The second-order valence-corrected chi connectivity index (χ2v) is 7.38. The van der Waals surface area contributed by atoms with Crippen LogP contribution < -0.4 is 10.6 Å². The molecule has 2 aromatic carbocycles. The Kier molecular flexibility index (Phi) is 4.04. The molecule has 2 aliphatic heterocycles. The van der Waals surface area contributed by atoms with Crippen molar-refractivity contribution in [3.05, 3.63) is 59.7 Å². The van der Waals surface area contributed by atoms with Crippen molar-refractivity contribution < 1.29 is 9.59 Å². The minimum atomic E-state index is -0.0923. The Morgan fingerprint density at radius 3 is 1.54 bits per heavy atom. The van der Waals surface area contributed by atoms with Crippen molar-refractivity contribution in [2.75, 3.05) is 23.7 Å². The average Bonchev–Trinajstić information content (AvgIpc) is 2.93. The highest BCUT2D eigenvalue weighted by molar-refractivity contribution is 6.17. The number of para-hydroxylation sites is 2. The molecule has 1 aliphatic carbocycles. The highest BCUT2D eigenvalue weighted by Gasteiger charge is 2.41. The van der Waals surface area contributed by atoms with Gasteiger partial charge in [0.15, 0.2) is 0 Å². The zero-order valence-electron chi connectivity index (χ0n) is 15.3. The van der Waals surface area contributed by atoms with Crippen LogP contribution in [0.25, 0.3) is 0 Å². The van der Waals surface area contributed by atoms with E-state index in [4.69, 9.17) is 0 Å². The highest BCUT2D eigenvalue weighted by Crippen LogP contribution is 2.42. The maximum Gasteiger partial charge on any atom is 0.246 e. The monoisotopic (exact) mass is 372 g/mol. The summed E-state index contributed by atoms with van der Waals surface area (Å²) >= 11 is 0. The maximum absolute atomic E-state index is 12.1. The molecule has 6 nitrogen and oxygen atoms in total. The van der Waals surface area contributed by atoms with Crippen LogP contribution in [0.5, 0.6) is 0 Å². The summed E-state index contributed by atoms with van der Waals surface area (Å²) in [5.41, 5.74) is 5.53. The average molecular weight is 372 g/mol. The summed E-state index contributed by atoms with van der Waals surface area (Å²) in [4.78, 5) is 33.5. The Morgan fingerprint density at radius 2 is 1.11 bits per heavy atom. The Bertz CT molecular complexity index is 957. The molecule has 3 aliphatic rings. The number of amides is 2. The molecule has 2 amide bonds. The van der Waals surface area contributed by atoms with Gasteiger partial charge in [-0.25, -0.2) is 0 Å². The van der Waals surface area contributed by atoms with E-state index in [0.717, 1.165) is 46.8 Å². The molecule has 140 valence electrons. The molecule has 0 aromatic heterocycles. The summed E-state index contributed by atoms with van der Waals surface area (Å²) in [6.45, 7) is 0.271. The van der Waals surface area contributed by atoms with Gasteiger partial charge in [0.05, 0.1) is 0 Å². The molecule has 6 heteroatoms. The van der Waals surface area contributed by atoms with Crippen LogP contribution in [0.4, 0.5) is 11.4 Å². The summed E-state index contributed by atoms with van der Waals surface area (Å²) in [5, 5.41) is 5.89. The molecule has 0 spiro atoms. The van der Waals surface area contributed by atoms with Crippen molar-refractivity contribution in [3.63, 3.8) is 0 Å². The van der Waals surface area contributed by atoms with E-state index < -0.39 is 0 Å². The van der Waals surface area contributed by atoms with Gasteiger partial charge < -0.3 is 10.6 Å². The topological polar surface area (TPSA) is 82.9 Å². The molecule has 2 aromatic rings. The molecule has 0 bridgehead atoms. The minimum Gasteiger partial charge on any atom is -0.324 e. The lowest BCUT2D eigenvalue weighted by Crippen LogP contribution is -2.39. The van der Waals surface area contributed by atoms with Crippen LogP contribution in [0.15, 0.2) is 58.5 Å². The van der Waals surface area contributed by atoms with Crippen LogP contribution in [-0.2, 0) is 9.59 Å². The van der Waals surface area contributed by atoms with E-state index in [2.05, 4.69) is 20.6 Å². The van der Waals surface area contributed by atoms with Crippen LogP contribution in [0.3, 0.4) is 0 Å². The second kappa shape index (κ2) is 6.71. The lowest BCUT2D eigenvalue weighted by molar-refractivity contribution is -0.115. The van der Waals surface area contributed by atoms with E-state index in [1.165, 1.54) is 0 Å². The Balaban J connectivity index is 1.54. The van der Waals surface area contributed by atoms with Crippen LogP contribution in [-0.4, -0.2) is 36.3 Å². The zero-order valence-corrected chi connectivity index (χ0v) is 15.3. The fourth-order valence-electron chi connectivity index (χ4n) is 4.28. The Labute approximate surface area is 162 Å². The number of rotatable bonds is 2. The number of nitrogens with one attached hydrogen (secondary N) is 2. The first-order chi connectivity index (χ1) is 13.7. The summed E-state index contributed by atoms with van der Waals surface area (Å²) < 4.78 is 0. The van der Waals surface area contributed by atoms with Crippen LogP contribution in [0, 0.1) is 11.8 Å². The van der Waals surface area contributed by atoms with Crippen molar-refractivity contribution in [1.29, 1.82) is 0 Å². The van der Waals surface area contributed by atoms with Crippen molar-refractivity contribution in [2.45, 2.75) is 12.8 Å². The number of anilines is 2. The minimum absolute atomic E-state index is 0.0923. The first kappa shape index (κ1) is 16.9. The highest BCUT2D eigenvalue weighted by atomic mass is 16.2. The molecule has 0 saturated heterocycles. The third kappa shape index (κ3) is 2.81. The smallest absolute Gasteiger partial charge is 0.246 e. The number of carbonyl (C=O) groups excluding carboxylic acids is 2. The van der Waals surface area contributed by atoms with E-state index in [9.17, 15) is 9.59 Å². The van der Waals surface area contributed by atoms with E-state index in [0.29, 0.717) is 0 Å². The third-order valence-corrected chi connectivity index (χ3v) is 5.72. The Morgan fingerprint density at radius 1 is 0.679 bits per heavy atom. The Hall–Kier alpha value is -3.28. The number of carbonyl (C=O) groups is 2. The summed E-state index contributed by atoms with van der Waals surface area (Å²) in [6.07, 6.45) is 1.99. The summed E-state index contributed by atoms with van der Waals surface area (Å²) in [6, 6.07) is 15.7. The van der Waals surface area contributed by atoms with Gasteiger partial charge in [-0.2, -0.15) is 0 Å². The maximum atomic E-state index is 12.1. The molecule has 0 radical (unpaired) electrons. The lowest BCUT2D eigenvalue weighted by Gasteiger charge is -2.39. The number of hydrogen-bond donors (Lipinski definition) is 2. The van der Waals surface area contributed by atoms with E-state index in [1.54, 1.807) is 0 Å². The van der Waals surface area contributed by atoms with E-state index >= 15 is 0 Å². The second-order valence-electron chi connectivity index (χ2n) is 7.38. The van der Waals surface area contributed by atoms with Crippen LogP contribution >= 0.6 is 0 Å². The third-order valence-electron chi connectivity index (χ3n) is 5.72. The van der Waals surface area contributed by atoms with Gasteiger partial charge in [0.2, 0.25) is 11.8 Å². The number of aliphatic imine (C=N–C) groups is 2. The first-order valence-corrected chi connectivity index (χ1v) is 9.58. The molecule has 2 N–H and O–H groups in total. The standard InChI is InChI=1S/C22H20N4O2/c27-19-11-23-21(15-5-1-3-7-17(15)25-19)13-9-10-14(13)22-16-6-2-4-8-18(16)26-20(28)12-24-22/h1-8,13-14H,9-12H2,(H,25,27)(H,26,28)/t13-,14-/m1/s1. The fraction of sp³-hybridized carbons (Fsp3) is 0.273. The summed E-state index contributed by atoms with van der Waals surface area (Å²) in [5.74, 6) is 0.193. The van der Waals surface area contributed by atoms with Gasteiger partial charge in [0.1, 0.15) is 13.1 Å². The quantitative estimate of drug-likeness (QED) is 0.850. The van der Waals surface area contributed by atoms with Gasteiger partial charge in [-0.3, -0.25) is 19.6 Å². The van der Waals surface area contributed by atoms with Gasteiger partial charge in [-0.15, -0.1) is 0 Å². The normalized spacial score (nSPS) is 23.6. The number of benzodiazepines with no additional fused rings is 2. The lowest BCUT2D eigenvalue weighted by atomic mass is 9.66. The van der Waals surface area contributed by atoms with Gasteiger partial charge in [0, 0.05) is 45.8 Å². The van der Waals surface area contributed by atoms with Crippen molar-refractivity contribution in [1.82, 2.24) is 0 Å². The van der Waals surface area contributed by atoms with Crippen LogP contribution in [0.2, 0.25) is 0 Å². The predicted molar refractivity (Wildman–Crippen MR) is 109 cm³/mol. The largest absolute Gasteiger partial charge is 0.324 e. The van der Waals surface area contributed by atoms with Crippen molar-refractivity contribution >= 4 is 34.6 Å². The fourth-order valence-corrected chi connectivity index (χ4v) is 4.28. The predicted octanol–water partition coefficient (Wildman–Crippen LogP) is 2.90.